The maximum Gasteiger partial charge on any atom is 0.142 e. The normalized spacial score (nSPS) is 10.7. The van der Waals surface area contributed by atoms with Crippen LogP contribution >= 0.6 is 0 Å². The summed E-state index contributed by atoms with van der Waals surface area (Å²) in [5.74, 6) is 0.407. The Morgan fingerprint density at radius 2 is 2.25 bits per heavy atom. The van der Waals surface area contributed by atoms with E-state index < -0.39 is 0 Å². The van der Waals surface area contributed by atoms with E-state index in [1.54, 1.807) is 18.5 Å². The predicted octanol–water partition coefficient (Wildman–Crippen LogP) is 1.95. The van der Waals surface area contributed by atoms with Gasteiger partial charge in [-0.25, -0.2) is 9.37 Å². The Hall–Kier alpha value is -1.68. The number of imidazole rings is 1. The third kappa shape index (κ3) is 1.97. The van der Waals surface area contributed by atoms with Crippen LogP contribution < -0.4 is 5.32 Å². The third-order valence-corrected chi connectivity index (χ3v) is 2.47. The van der Waals surface area contributed by atoms with E-state index in [0.29, 0.717) is 11.4 Å². The molecule has 1 aromatic heterocycles. The lowest BCUT2D eigenvalue weighted by molar-refractivity contribution is 0.627. The standard InChI is InChI=1S/C12H14FN3/c1-14-8-9-3-4-11(13)10(7-9)12-15-5-6-16(12)2/h3-7,14H,8H2,1-2H3. The topological polar surface area (TPSA) is 29.9 Å². The molecule has 0 aliphatic heterocycles. The van der Waals surface area contributed by atoms with Crippen molar-refractivity contribution in [2.24, 2.45) is 7.05 Å². The van der Waals surface area contributed by atoms with Gasteiger partial charge in [0.1, 0.15) is 11.6 Å². The number of halogens is 1. The molecule has 0 saturated heterocycles. The van der Waals surface area contributed by atoms with E-state index >= 15 is 0 Å². The Bertz CT molecular complexity index is 491. The quantitative estimate of drug-likeness (QED) is 0.855. The molecule has 1 aromatic carbocycles. The number of benzene rings is 1. The van der Waals surface area contributed by atoms with Crippen LogP contribution in [0.1, 0.15) is 5.56 Å². The number of aromatic nitrogens is 2. The van der Waals surface area contributed by atoms with Crippen molar-refractivity contribution in [3.05, 3.63) is 42.0 Å². The average molecular weight is 219 g/mol. The summed E-state index contributed by atoms with van der Waals surface area (Å²) in [6.07, 6.45) is 3.47. The van der Waals surface area contributed by atoms with Crippen molar-refractivity contribution in [1.82, 2.24) is 14.9 Å². The number of hydrogen-bond donors (Lipinski definition) is 1. The SMILES string of the molecule is CNCc1ccc(F)c(-c2nccn2C)c1. The molecule has 0 aliphatic rings. The zero-order valence-corrected chi connectivity index (χ0v) is 9.37. The van der Waals surface area contributed by atoms with E-state index in [9.17, 15) is 4.39 Å². The average Bonchev–Trinajstić information content (AvgIpc) is 2.68. The van der Waals surface area contributed by atoms with Crippen LogP contribution in [0.5, 0.6) is 0 Å². The van der Waals surface area contributed by atoms with Crippen LogP contribution in [0.3, 0.4) is 0 Å². The third-order valence-electron chi connectivity index (χ3n) is 2.47. The second-order valence-electron chi connectivity index (χ2n) is 3.71. The molecule has 0 bridgehead atoms. The van der Waals surface area contributed by atoms with Gasteiger partial charge in [0.25, 0.3) is 0 Å². The molecule has 0 atom stereocenters. The van der Waals surface area contributed by atoms with Crippen molar-refractivity contribution in [2.75, 3.05) is 7.05 Å². The zero-order valence-electron chi connectivity index (χ0n) is 9.37. The fourth-order valence-corrected chi connectivity index (χ4v) is 1.68. The largest absolute Gasteiger partial charge is 0.334 e. The Balaban J connectivity index is 2.47. The Morgan fingerprint density at radius 1 is 1.44 bits per heavy atom. The van der Waals surface area contributed by atoms with Gasteiger partial charge in [0, 0.05) is 26.0 Å². The van der Waals surface area contributed by atoms with Crippen LogP contribution in [0.25, 0.3) is 11.4 Å². The van der Waals surface area contributed by atoms with Gasteiger partial charge in [-0.05, 0) is 24.7 Å². The van der Waals surface area contributed by atoms with Gasteiger partial charge in [-0.15, -0.1) is 0 Å². The Labute approximate surface area is 93.9 Å². The Morgan fingerprint density at radius 3 is 2.88 bits per heavy atom. The molecule has 84 valence electrons. The predicted molar refractivity (Wildman–Crippen MR) is 61.4 cm³/mol. The summed E-state index contributed by atoms with van der Waals surface area (Å²) in [6, 6.07) is 5.09. The maximum atomic E-state index is 13.7. The zero-order chi connectivity index (χ0) is 11.5. The maximum absolute atomic E-state index is 13.7. The molecule has 1 heterocycles. The number of rotatable bonds is 3. The van der Waals surface area contributed by atoms with Crippen molar-refractivity contribution < 1.29 is 4.39 Å². The number of nitrogens with one attached hydrogen (secondary N) is 1. The van der Waals surface area contributed by atoms with Crippen LogP contribution in [0, 0.1) is 5.82 Å². The first-order valence-electron chi connectivity index (χ1n) is 5.13. The van der Waals surface area contributed by atoms with Gasteiger partial charge >= 0.3 is 0 Å². The minimum Gasteiger partial charge on any atom is -0.334 e. The lowest BCUT2D eigenvalue weighted by Gasteiger charge is -2.06. The van der Waals surface area contributed by atoms with Crippen LogP contribution in [0.15, 0.2) is 30.6 Å². The van der Waals surface area contributed by atoms with Crippen LogP contribution in [0.2, 0.25) is 0 Å². The van der Waals surface area contributed by atoms with Gasteiger partial charge in [0.05, 0.1) is 5.56 Å². The summed E-state index contributed by atoms with van der Waals surface area (Å²) in [6.45, 7) is 0.720. The second kappa shape index (κ2) is 4.45. The van der Waals surface area contributed by atoms with Crippen LogP contribution in [0.4, 0.5) is 4.39 Å². The summed E-state index contributed by atoms with van der Waals surface area (Å²) >= 11 is 0. The lowest BCUT2D eigenvalue weighted by Crippen LogP contribution is -2.05. The van der Waals surface area contributed by atoms with E-state index in [-0.39, 0.29) is 5.82 Å². The molecule has 4 heteroatoms. The number of hydrogen-bond acceptors (Lipinski definition) is 2. The van der Waals surface area contributed by atoms with Crippen LogP contribution in [-0.4, -0.2) is 16.6 Å². The van der Waals surface area contributed by atoms with Gasteiger partial charge in [-0.1, -0.05) is 6.07 Å². The van der Waals surface area contributed by atoms with Crippen molar-refractivity contribution in [2.45, 2.75) is 6.54 Å². The molecule has 0 spiro atoms. The highest BCUT2D eigenvalue weighted by Crippen LogP contribution is 2.21. The van der Waals surface area contributed by atoms with Gasteiger partial charge in [-0.3, -0.25) is 0 Å². The fourth-order valence-electron chi connectivity index (χ4n) is 1.68. The molecule has 0 aliphatic carbocycles. The van der Waals surface area contributed by atoms with E-state index in [1.165, 1.54) is 6.07 Å². The first kappa shape index (κ1) is 10.8. The van der Waals surface area contributed by atoms with Gasteiger partial charge in [0.15, 0.2) is 0 Å². The fraction of sp³-hybridized carbons (Fsp3) is 0.250. The van der Waals surface area contributed by atoms with E-state index in [2.05, 4.69) is 10.3 Å². The Kier molecular flexibility index (Phi) is 3.01. The molecular weight excluding hydrogens is 205 g/mol. The van der Waals surface area contributed by atoms with Gasteiger partial charge in [0.2, 0.25) is 0 Å². The molecule has 0 radical (unpaired) electrons. The molecule has 2 aromatic rings. The first-order chi connectivity index (χ1) is 7.72. The molecule has 0 fully saturated rings. The molecule has 3 nitrogen and oxygen atoms in total. The summed E-state index contributed by atoms with van der Waals surface area (Å²) in [4.78, 5) is 4.15. The highest BCUT2D eigenvalue weighted by molar-refractivity contribution is 5.57. The minimum absolute atomic E-state index is 0.242. The molecule has 0 saturated carbocycles. The molecular formula is C12H14FN3. The van der Waals surface area contributed by atoms with Crippen molar-refractivity contribution in [3.8, 4) is 11.4 Å². The first-order valence-corrected chi connectivity index (χ1v) is 5.13. The monoisotopic (exact) mass is 219 g/mol. The van der Waals surface area contributed by atoms with Crippen molar-refractivity contribution >= 4 is 0 Å². The highest BCUT2D eigenvalue weighted by Gasteiger charge is 2.09. The highest BCUT2D eigenvalue weighted by atomic mass is 19.1. The summed E-state index contributed by atoms with van der Waals surface area (Å²) in [7, 11) is 3.72. The second-order valence-corrected chi connectivity index (χ2v) is 3.71. The van der Waals surface area contributed by atoms with Crippen LogP contribution in [-0.2, 0) is 13.6 Å². The summed E-state index contributed by atoms with van der Waals surface area (Å²) in [5, 5.41) is 3.04. The smallest absolute Gasteiger partial charge is 0.142 e. The summed E-state index contributed by atoms with van der Waals surface area (Å²) in [5.41, 5.74) is 1.59. The minimum atomic E-state index is -0.242. The molecule has 0 unspecified atom stereocenters. The van der Waals surface area contributed by atoms with Crippen molar-refractivity contribution in [1.29, 1.82) is 0 Å². The van der Waals surface area contributed by atoms with E-state index in [4.69, 9.17) is 0 Å². The van der Waals surface area contributed by atoms with E-state index in [0.717, 1.165) is 12.1 Å². The lowest BCUT2D eigenvalue weighted by atomic mass is 10.1. The number of nitrogens with zero attached hydrogens (tertiary/aromatic N) is 2. The molecule has 1 N–H and O–H groups in total. The molecule has 0 amide bonds. The number of aryl methyl sites for hydroxylation is 1. The molecule has 16 heavy (non-hydrogen) atoms. The molecule has 2 rings (SSSR count). The van der Waals surface area contributed by atoms with E-state index in [1.807, 2.05) is 24.7 Å². The van der Waals surface area contributed by atoms with Gasteiger partial charge < -0.3 is 9.88 Å². The van der Waals surface area contributed by atoms with Gasteiger partial charge in [-0.2, -0.15) is 0 Å². The summed E-state index contributed by atoms with van der Waals surface area (Å²) < 4.78 is 15.5. The van der Waals surface area contributed by atoms with Crippen molar-refractivity contribution in [3.63, 3.8) is 0 Å².